The lowest BCUT2D eigenvalue weighted by Crippen LogP contribution is -2.28. The van der Waals surface area contributed by atoms with E-state index in [9.17, 15) is 4.79 Å². The highest BCUT2D eigenvalue weighted by Crippen LogP contribution is 2.33. The number of nitrogens with one attached hydrogen (secondary N) is 1. The lowest BCUT2D eigenvalue weighted by Gasteiger charge is -2.29. The Bertz CT molecular complexity index is 751. The first-order valence-corrected chi connectivity index (χ1v) is 8.24. The Kier molecular flexibility index (Phi) is 4.22. The number of methoxy groups -OCH3 is 1. The predicted octanol–water partition coefficient (Wildman–Crippen LogP) is 3.95. The van der Waals surface area contributed by atoms with Crippen LogP contribution >= 0.6 is 0 Å². The molecule has 3 rings (SSSR count). The van der Waals surface area contributed by atoms with Crippen LogP contribution in [0.4, 0.5) is 11.4 Å². The van der Waals surface area contributed by atoms with E-state index < -0.39 is 0 Å². The van der Waals surface area contributed by atoms with Crippen molar-refractivity contribution in [2.45, 2.75) is 32.7 Å². The van der Waals surface area contributed by atoms with Crippen molar-refractivity contribution in [1.29, 1.82) is 0 Å². The number of hydrogen-bond donors (Lipinski definition) is 1. The molecule has 2 aromatic carbocycles. The summed E-state index contributed by atoms with van der Waals surface area (Å²) in [4.78, 5) is 13.5. The van der Waals surface area contributed by atoms with Crippen LogP contribution in [0.5, 0.6) is 5.75 Å². The maximum absolute atomic E-state index is 11.7. The van der Waals surface area contributed by atoms with Crippen molar-refractivity contribution in [2.24, 2.45) is 0 Å². The van der Waals surface area contributed by atoms with E-state index in [2.05, 4.69) is 37.4 Å². The second-order valence-corrected chi connectivity index (χ2v) is 6.74. The molecule has 0 aromatic heterocycles. The fourth-order valence-corrected chi connectivity index (χ4v) is 3.25. The third-order valence-corrected chi connectivity index (χ3v) is 4.62. The largest absolute Gasteiger partial charge is 0.497 e. The maximum atomic E-state index is 11.7. The molecule has 4 heteroatoms. The minimum atomic E-state index is -0.209. The average molecular weight is 324 g/mol. The summed E-state index contributed by atoms with van der Waals surface area (Å²) in [6.07, 6.45) is 0.910. The van der Waals surface area contributed by atoms with Gasteiger partial charge in [-0.05, 0) is 61.7 Å². The molecule has 0 fully saturated rings. The molecule has 4 nitrogen and oxygen atoms in total. The fourth-order valence-electron chi connectivity index (χ4n) is 3.25. The van der Waals surface area contributed by atoms with Gasteiger partial charge in [-0.2, -0.15) is 0 Å². The lowest BCUT2D eigenvalue weighted by molar-refractivity contribution is -0.116. The van der Waals surface area contributed by atoms with Gasteiger partial charge >= 0.3 is 0 Å². The molecule has 0 saturated carbocycles. The number of fused-ring (bicyclic) bond motifs is 1. The molecule has 0 atom stereocenters. The first kappa shape index (κ1) is 16.4. The summed E-state index contributed by atoms with van der Waals surface area (Å²) in [5.74, 6) is 0.962. The van der Waals surface area contributed by atoms with Crippen LogP contribution in [0.3, 0.4) is 0 Å². The van der Waals surface area contributed by atoms with Gasteiger partial charge in [-0.15, -0.1) is 0 Å². The summed E-state index contributed by atoms with van der Waals surface area (Å²) >= 11 is 0. The molecule has 1 aliphatic rings. The second-order valence-electron chi connectivity index (χ2n) is 6.74. The van der Waals surface area contributed by atoms with Crippen LogP contribution in [-0.4, -0.2) is 19.6 Å². The molecule has 0 saturated heterocycles. The maximum Gasteiger partial charge on any atom is 0.223 e. The number of carbonyl (C=O) groups is 1. The van der Waals surface area contributed by atoms with Crippen molar-refractivity contribution >= 4 is 17.3 Å². The Morgan fingerprint density at radius 3 is 2.50 bits per heavy atom. The Morgan fingerprint density at radius 1 is 1.17 bits per heavy atom. The zero-order valence-electron chi connectivity index (χ0n) is 14.7. The normalized spacial score (nSPS) is 13.6. The molecular formula is C20H24N2O2. The fraction of sp³-hybridized carbons (Fsp3) is 0.350. The number of amides is 1. The molecule has 0 spiro atoms. The third kappa shape index (κ3) is 3.09. The molecule has 0 bridgehead atoms. The summed E-state index contributed by atoms with van der Waals surface area (Å²) in [7, 11) is 1.67. The number of benzene rings is 2. The van der Waals surface area contributed by atoms with Crippen molar-refractivity contribution in [3.05, 3.63) is 53.6 Å². The number of ether oxygens (including phenoxy) is 1. The van der Waals surface area contributed by atoms with E-state index in [1.807, 2.05) is 29.2 Å². The quantitative estimate of drug-likeness (QED) is 0.926. The van der Waals surface area contributed by atoms with Crippen LogP contribution in [0.15, 0.2) is 42.5 Å². The summed E-state index contributed by atoms with van der Waals surface area (Å²) in [6.45, 7) is 6.71. The number of rotatable bonds is 4. The predicted molar refractivity (Wildman–Crippen MR) is 97.8 cm³/mol. The zero-order chi connectivity index (χ0) is 17.3. The van der Waals surface area contributed by atoms with Gasteiger partial charge in [-0.1, -0.05) is 12.1 Å². The van der Waals surface area contributed by atoms with Crippen LogP contribution in [-0.2, 0) is 16.8 Å². The van der Waals surface area contributed by atoms with Crippen molar-refractivity contribution in [3.8, 4) is 5.75 Å². The van der Waals surface area contributed by atoms with Crippen LogP contribution < -0.4 is 15.0 Å². The van der Waals surface area contributed by atoms with Gasteiger partial charge in [0.25, 0.3) is 0 Å². The molecule has 0 radical (unpaired) electrons. The SMILES string of the molecule is COc1ccc(C(C)(C)Nc2ccc3c(c2)CCN3C(C)=O)cc1. The minimum absolute atomic E-state index is 0.105. The van der Waals surface area contributed by atoms with E-state index in [-0.39, 0.29) is 11.4 Å². The molecular weight excluding hydrogens is 300 g/mol. The van der Waals surface area contributed by atoms with Crippen molar-refractivity contribution in [1.82, 2.24) is 0 Å². The number of hydrogen-bond acceptors (Lipinski definition) is 3. The molecule has 0 aliphatic carbocycles. The summed E-state index contributed by atoms with van der Waals surface area (Å²) < 4.78 is 5.23. The first-order valence-electron chi connectivity index (χ1n) is 8.24. The standard InChI is InChI=1S/C20H24N2O2/c1-14(23)22-12-11-15-13-17(7-10-19(15)22)21-20(2,3)16-5-8-18(24-4)9-6-16/h5-10,13,21H,11-12H2,1-4H3. The van der Waals surface area contributed by atoms with E-state index in [0.29, 0.717) is 0 Å². The zero-order valence-corrected chi connectivity index (χ0v) is 14.7. The van der Waals surface area contributed by atoms with E-state index in [1.54, 1.807) is 14.0 Å². The molecule has 126 valence electrons. The van der Waals surface area contributed by atoms with E-state index >= 15 is 0 Å². The Hall–Kier alpha value is -2.49. The van der Waals surface area contributed by atoms with Crippen molar-refractivity contribution in [2.75, 3.05) is 23.9 Å². The van der Waals surface area contributed by atoms with Gasteiger partial charge in [0.15, 0.2) is 0 Å². The van der Waals surface area contributed by atoms with Gasteiger partial charge in [-0.3, -0.25) is 4.79 Å². The molecule has 2 aromatic rings. The Morgan fingerprint density at radius 2 is 1.88 bits per heavy atom. The molecule has 0 unspecified atom stereocenters. The van der Waals surface area contributed by atoms with Crippen LogP contribution in [0.1, 0.15) is 31.9 Å². The molecule has 1 N–H and O–H groups in total. The molecule has 1 aliphatic heterocycles. The monoisotopic (exact) mass is 324 g/mol. The van der Waals surface area contributed by atoms with E-state index in [4.69, 9.17) is 4.74 Å². The van der Waals surface area contributed by atoms with Crippen molar-refractivity contribution < 1.29 is 9.53 Å². The van der Waals surface area contributed by atoms with Crippen LogP contribution in [0.2, 0.25) is 0 Å². The Balaban J connectivity index is 1.81. The topological polar surface area (TPSA) is 41.6 Å². The molecule has 24 heavy (non-hydrogen) atoms. The summed E-state index contributed by atoms with van der Waals surface area (Å²) in [5, 5.41) is 3.60. The highest BCUT2D eigenvalue weighted by atomic mass is 16.5. The summed E-state index contributed by atoms with van der Waals surface area (Å²) in [5.41, 5.74) is 4.31. The van der Waals surface area contributed by atoms with Gasteiger partial charge in [-0.25, -0.2) is 0 Å². The number of anilines is 2. The van der Waals surface area contributed by atoms with Gasteiger partial charge in [0.1, 0.15) is 5.75 Å². The molecule has 1 amide bonds. The van der Waals surface area contributed by atoms with Crippen LogP contribution in [0.25, 0.3) is 0 Å². The summed E-state index contributed by atoms with van der Waals surface area (Å²) in [6, 6.07) is 14.4. The highest BCUT2D eigenvalue weighted by Gasteiger charge is 2.24. The molecule has 1 heterocycles. The van der Waals surface area contributed by atoms with Gasteiger partial charge in [0, 0.05) is 24.8 Å². The van der Waals surface area contributed by atoms with Crippen molar-refractivity contribution in [3.63, 3.8) is 0 Å². The van der Waals surface area contributed by atoms with Gasteiger partial charge in [0.2, 0.25) is 5.91 Å². The minimum Gasteiger partial charge on any atom is -0.497 e. The lowest BCUT2D eigenvalue weighted by atomic mass is 9.93. The average Bonchev–Trinajstić information content (AvgIpc) is 2.98. The van der Waals surface area contributed by atoms with E-state index in [0.717, 1.165) is 30.1 Å². The van der Waals surface area contributed by atoms with E-state index in [1.165, 1.54) is 11.1 Å². The smallest absolute Gasteiger partial charge is 0.223 e. The number of carbonyl (C=O) groups excluding carboxylic acids is 1. The van der Waals surface area contributed by atoms with Gasteiger partial charge in [0.05, 0.1) is 12.6 Å². The Labute approximate surface area is 143 Å². The highest BCUT2D eigenvalue weighted by molar-refractivity contribution is 5.94. The van der Waals surface area contributed by atoms with Crippen LogP contribution in [0, 0.1) is 0 Å². The second kappa shape index (κ2) is 6.19. The number of nitrogens with zero attached hydrogens (tertiary/aromatic N) is 1. The van der Waals surface area contributed by atoms with Gasteiger partial charge < -0.3 is 15.0 Å². The third-order valence-electron chi connectivity index (χ3n) is 4.62. The first-order chi connectivity index (χ1) is 11.4.